The number of carbonyl (C=O) groups excluding carboxylic acids is 1. The number of ether oxygens (including phenoxy) is 1. The van der Waals surface area contributed by atoms with Gasteiger partial charge in [-0.3, -0.25) is 4.21 Å². The van der Waals surface area contributed by atoms with Crippen LogP contribution >= 0.6 is 0 Å². The molecule has 22 heavy (non-hydrogen) atoms. The second-order valence-electron chi connectivity index (χ2n) is 5.09. The van der Waals surface area contributed by atoms with Crippen LogP contribution in [0.25, 0.3) is 0 Å². The Morgan fingerprint density at radius 3 is 2.36 bits per heavy atom. The number of amides is 2. The van der Waals surface area contributed by atoms with E-state index in [2.05, 4.69) is 10.1 Å². The lowest BCUT2D eigenvalue weighted by Crippen LogP contribution is -2.43. The number of urea groups is 1. The summed E-state index contributed by atoms with van der Waals surface area (Å²) in [7, 11) is 1.97. The fourth-order valence-electron chi connectivity index (χ4n) is 2.37. The van der Waals surface area contributed by atoms with E-state index in [4.69, 9.17) is 0 Å². The van der Waals surface area contributed by atoms with E-state index >= 15 is 0 Å². The largest absolute Gasteiger partial charge is 0.491 e. The molecular formula is C14H18F2N2O3S. The highest BCUT2D eigenvalue weighted by Crippen LogP contribution is 2.25. The van der Waals surface area contributed by atoms with Crippen molar-refractivity contribution in [1.82, 2.24) is 4.90 Å². The first-order valence-corrected chi connectivity index (χ1v) is 8.33. The van der Waals surface area contributed by atoms with Gasteiger partial charge in [0.1, 0.15) is 0 Å². The molecule has 0 aliphatic carbocycles. The van der Waals surface area contributed by atoms with Crippen molar-refractivity contribution in [3.8, 4) is 5.75 Å². The zero-order valence-electron chi connectivity index (χ0n) is 12.4. The minimum Gasteiger partial charge on any atom is -0.491 e. The molecule has 0 radical (unpaired) electrons. The van der Waals surface area contributed by atoms with E-state index in [-0.39, 0.29) is 11.7 Å². The molecule has 8 heteroatoms. The van der Waals surface area contributed by atoms with Gasteiger partial charge in [0.2, 0.25) is 0 Å². The molecule has 0 unspecified atom stereocenters. The molecule has 1 fully saturated rings. The van der Waals surface area contributed by atoms with Crippen molar-refractivity contribution >= 4 is 22.5 Å². The predicted molar refractivity (Wildman–Crippen MR) is 80.6 cm³/mol. The molecule has 1 saturated heterocycles. The first-order chi connectivity index (χ1) is 10.4. The topological polar surface area (TPSA) is 58.6 Å². The van der Waals surface area contributed by atoms with E-state index in [1.165, 1.54) is 12.0 Å². The lowest BCUT2D eigenvalue weighted by molar-refractivity contribution is 0.199. The number of carbonyl (C=O) groups is 1. The summed E-state index contributed by atoms with van der Waals surface area (Å²) in [6, 6.07) is 1.53. The van der Waals surface area contributed by atoms with Gasteiger partial charge >= 0.3 is 6.03 Å². The summed E-state index contributed by atoms with van der Waals surface area (Å²) in [5, 5.41) is 2.46. The quantitative estimate of drug-likeness (QED) is 0.924. The van der Waals surface area contributed by atoms with Crippen LogP contribution in [-0.4, -0.2) is 46.8 Å². The highest BCUT2D eigenvalue weighted by atomic mass is 32.2. The smallest absolute Gasteiger partial charge is 0.321 e. The van der Waals surface area contributed by atoms with E-state index in [1.54, 1.807) is 7.05 Å². The fourth-order valence-corrected chi connectivity index (χ4v) is 3.65. The van der Waals surface area contributed by atoms with E-state index in [9.17, 15) is 17.8 Å². The van der Waals surface area contributed by atoms with Gasteiger partial charge in [-0.25, -0.2) is 13.6 Å². The van der Waals surface area contributed by atoms with Gasteiger partial charge in [-0.2, -0.15) is 0 Å². The standard InChI is InChI=1S/C14H18F2N2O3S/c1-18(10-3-5-22(20)6-4-10)14(19)17-9-7-11(15)13(21-2)12(16)8-9/h7-8,10H,3-6H2,1-2H3,(H,17,19). The van der Waals surface area contributed by atoms with Crippen LogP contribution in [0.4, 0.5) is 19.3 Å². The van der Waals surface area contributed by atoms with Crippen LogP contribution in [0.15, 0.2) is 12.1 Å². The number of rotatable bonds is 3. The fraction of sp³-hybridized carbons (Fsp3) is 0.500. The Hall–Kier alpha value is -1.70. The van der Waals surface area contributed by atoms with Crippen molar-refractivity contribution in [2.45, 2.75) is 18.9 Å². The second-order valence-corrected chi connectivity index (χ2v) is 6.79. The molecule has 1 heterocycles. The molecule has 0 bridgehead atoms. The van der Waals surface area contributed by atoms with Crippen molar-refractivity contribution in [3.05, 3.63) is 23.8 Å². The predicted octanol–water partition coefficient (Wildman–Crippen LogP) is 2.35. The summed E-state index contributed by atoms with van der Waals surface area (Å²) in [6.45, 7) is 0. The summed E-state index contributed by atoms with van der Waals surface area (Å²) in [6.07, 6.45) is 1.31. The molecular weight excluding hydrogens is 314 g/mol. The Balaban J connectivity index is 2.04. The summed E-state index contributed by atoms with van der Waals surface area (Å²) < 4.78 is 43.1. The Bertz CT molecular complexity index is 564. The molecule has 1 aliphatic rings. The third kappa shape index (κ3) is 3.73. The van der Waals surface area contributed by atoms with Gasteiger partial charge < -0.3 is 15.0 Å². The third-order valence-electron chi connectivity index (χ3n) is 3.68. The molecule has 1 aromatic carbocycles. The molecule has 2 amide bonds. The van der Waals surface area contributed by atoms with Crippen LogP contribution in [0.5, 0.6) is 5.75 Å². The second kappa shape index (κ2) is 7.04. The molecule has 0 saturated carbocycles. The number of methoxy groups -OCH3 is 1. The van der Waals surface area contributed by atoms with Gasteiger partial charge in [0.25, 0.3) is 0 Å². The third-order valence-corrected chi connectivity index (χ3v) is 5.06. The zero-order valence-corrected chi connectivity index (χ0v) is 13.2. The molecule has 1 aromatic rings. The molecule has 122 valence electrons. The normalized spacial score (nSPS) is 21.3. The van der Waals surface area contributed by atoms with Gasteiger partial charge in [0, 0.05) is 53.2 Å². The summed E-state index contributed by atoms with van der Waals surface area (Å²) >= 11 is 0. The van der Waals surface area contributed by atoms with E-state index < -0.39 is 34.2 Å². The maximum absolute atomic E-state index is 13.6. The van der Waals surface area contributed by atoms with Gasteiger partial charge in [-0.15, -0.1) is 0 Å². The average Bonchev–Trinajstić information content (AvgIpc) is 2.47. The SMILES string of the molecule is COc1c(F)cc(NC(=O)N(C)C2CCS(=O)CC2)cc1F. The van der Waals surface area contributed by atoms with Crippen molar-refractivity contribution in [2.75, 3.05) is 31.0 Å². The van der Waals surface area contributed by atoms with E-state index in [1.807, 2.05) is 0 Å². The van der Waals surface area contributed by atoms with Crippen LogP contribution < -0.4 is 10.1 Å². The molecule has 0 atom stereocenters. The van der Waals surface area contributed by atoms with Crippen LogP contribution in [0.3, 0.4) is 0 Å². The average molecular weight is 332 g/mol. The maximum Gasteiger partial charge on any atom is 0.321 e. The molecule has 5 nitrogen and oxygen atoms in total. The van der Waals surface area contributed by atoms with Crippen LogP contribution in [0.1, 0.15) is 12.8 Å². The minimum absolute atomic E-state index is 0.0204. The van der Waals surface area contributed by atoms with Crippen LogP contribution in [-0.2, 0) is 10.8 Å². The van der Waals surface area contributed by atoms with Crippen LogP contribution in [0, 0.1) is 11.6 Å². The van der Waals surface area contributed by atoms with Crippen LogP contribution in [0.2, 0.25) is 0 Å². The minimum atomic E-state index is -0.881. The molecule has 1 aliphatic heterocycles. The summed E-state index contributed by atoms with van der Waals surface area (Å²) in [5.41, 5.74) is 0.0204. The zero-order chi connectivity index (χ0) is 16.3. The summed E-state index contributed by atoms with van der Waals surface area (Å²) in [4.78, 5) is 13.6. The molecule has 1 N–H and O–H groups in total. The van der Waals surface area contributed by atoms with Crippen molar-refractivity contribution in [1.29, 1.82) is 0 Å². The number of nitrogens with one attached hydrogen (secondary N) is 1. The van der Waals surface area contributed by atoms with E-state index in [0.717, 1.165) is 12.1 Å². The van der Waals surface area contributed by atoms with Crippen molar-refractivity contribution in [2.24, 2.45) is 0 Å². The number of anilines is 1. The lowest BCUT2D eigenvalue weighted by atomic mass is 10.1. The van der Waals surface area contributed by atoms with Gasteiger partial charge in [-0.05, 0) is 12.8 Å². The van der Waals surface area contributed by atoms with E-state index in [0.29, 0.717) is 24.3 Å². The maximum atomic E-state index is 13.6. The highest BCUT2D eigenvalue weighted by molar-refractivity contribution is 7.85. The lowest BCUT2D eigenvalue weighted by Gasteiger charge is -2.30. The number of halogens is 2. The number of hydrogen-bond acceptors (Lipinski definition) is 3. The highest BCUT2D eigenvalue weighted by Gasteiger charge is 2.25. The molecule has 2 rings (SSSR count). The Labute approximate surface area is 130 Å². The Kier molecular flexibility index (Phi) is 5.33. The van der Waals surface area contributed by atoms with Gasteiger partial charge in [0.15, 0.2) is 17.4 Å². The summed E-state index contributed by atoms with van der Waals surface area (Å²) in [5.74, 6) is -1.12. The number of hydrogen-bond donors (Lipinski definition) is 1. The Morgan fingerprint density at radius 1 is 1.32 bits per heavy atom. The van der Waals surface area contributed by atoms with Crippen molar-refractivity contribution < 1.29 is 22.5 Å². The molecule has 0 spiro atoms. The Morgan fingerprint density at radius 2 is 1.86 bits per heavy atom. The molecule has 0 aromatic heterocycles. The van der Waals surface area contributed by atoms with Crippen molar-refractivity contribution in [3.63, 3.8) is 0 Å². The van der Waals surface area contributed by atoms with Gasteiger partial charge in [-0.1, -0.05) is 0 Å². The first kappa shape index (κ1) is 16.7. The number of nitrogens with zero attached hydrogens (tertiary/aromatic N) is 1. The number of benzene rings is 1. The van der Waals surface area contributed by atoms with Gasteiger partial charge in [0.05, 0.1) is 7.11 Å². The monoisotopic (exact) mass is 332 g/mol. The first-order valence-electron chi connectivity index (χ1n) is 6.84.